The number of carbonyl (C=O) groups is 2. The smallest absolute Gasteiger partial charge is 0.355 e. The maximum absolute atomic E-state index is 12.9. The lowest BCUT2D eigenvalue weighted by molar-refractivity contribution is -0.149. The van der Waals surface area contributed by atoms with Gasteiger partial charge < -0.3 is 28.4 Å². The number of hydrogen-bond acceptors (Lipinski definition) is 8. The zero-order valence-corrected chi connectivity index (χ0v) is 27.7. The van der Waals surface area contributed by atoms with Crippen molar-refractivity contribution < 1.29 is 38.0 Å². The number of esters is 2. The van der Waals surface area contributed by atoms with Crippen LogP contribution < -0.4 is 23.7 Å². The van der Waals surface area contributed by atoms with E-state index < -0.39 is 17.5 Å². The Labute approximate surface area is 282 Å². The van der Waals surface area contributed by atoms with Crippen LogP contribution in [0.5, 0.6) is 28.7 Å². The number of ether oxygens (including phenoxy) is 6. The lowest BCUT2D eigenvalue weighted by Crippen LogP contribution is -2.41. The molecule has 250 valence electrons. The number of rotatable bonds is 14. The number of benzene rings is 4. The van der Waals surface area contributed by atoms with E-state index in [9.17, 15) is 9.59 Å². The second-order valence-electron chi connectivity index (χ2n) is 12.1. The summed E-state index contributed by atoms with van der Waals surface area (Å²) in [6, 6.07) is 29.7. The molecule has 0 bridgehead atoms. The predicted octanol–water partition coefficient (Wildman–Crippen LogP) is 8.47. The molecule has 4 aromatic carbocycles. The monoisotopic (exact) mass is 650 g/mol. The molecule has 8 nitrogen and oxygen atoms in total. The molecule has 0 atom stereocenters. The van der Waals surface area contributed by atoms with Crippen LogP contribution in [-0.2, 0) is 14.3 Å². The fraction of sp³-hybridized carbons (Fsp3) is 0.300. The molecule has 0 unspecified atom stereocenters. The van der Waals surface area contributed by atoms with E-state index in [4.69, 9.17) is 28.4 Å². The van der Waals surface area contributed by atoms with Crippen LogP contribution in [0.15, 0.2) is 104 Å². The number of carbonyl (C=O) groups excluding carboxylic acids is 2. The topological polar surface area (TPSA) is 89.5 Å². The van der Waals surface area contributed by atoms with Gasteiger partial charge in [0.05, 0.1) is 18.8 Å². The summed E-state index contributed by atoms with van der Waals surface area (Å²) in [7, 11) is 1.44. The van der Waals surface area contributed by atoms with Gasteiger partial charge in [0, 0.05) is 0 Å². The van der Waals surface area contributed by atoms with Crippen molar-refractivity contribution in [1.29, 1.82) is 0 Å². The van der Waals surface area contributed by atoms with Gasteiger partial charge in [-0.25, -0.2) is 9.59 Å². The first-order chi connectivity index (χ1) is 23.2. The van der Waals surface area contributed by atoms with Crippen LogP contribution in [0.3, 0.4) is 0 Å². The van der Waals surface area contributed by atoms with Gasteiger partial charge in [-0.3, -0.25) is 0 Å². The Hall–Kier alpha value is -5.24. The van der Waals surface area contributed by atoms with Gasteiger partial charge in [-0.15, -0.1) is 0 Å². The minimum Gasteiger partial charge on any atom is -0.493 e. The lowest BCUT2D eigenvalue weighted by Gasteiger charge is -2.24. The summed E-state index contributed by atoms with van der Waals surface area (Å²) in [4.78, 5) is 25.7. The SMILES string of the molecule is C=C(C(=O)OCCOc1ccc(-c2ccc(OC3CCCCC3)cc2)cc1)c1ccc(OC(=O)C(C)(C)Oc2ccccc2)c(OC)c1. The molecular weight excluding hydrogens is 608 g/mol. The highest BCUT2D eigenvalue weighted by molar-refractivity contribution is 6.15. The van der Waals surface area contributed by atoms with Crippen molar-refractivity contribution in [3.63, 3.8) is 0 Å². The van der Waals surface area contributed by atoms with E-state index in [1.54, 1.807) is 38.1 Å². The molecule has 0 saturated heterocycles. The number of para-hydroxylation sites is 1. The molecule has 0 aromatic heterocycles. The highest BCUT2D eigenvalue weighted by atomic mass is 16.6. The van der Waals surface area contributed by atoms with E-state index in [0.29, 0.717) is 23.2 Å². The van der Waals surface area contributed by atoms with Gasteiger partial charge in [0.25, 0.3) is 0 Å². The third-order valence-corrected chi connectivity index (χ3v) is 8.05. The van der Waals surface area contributed by atoms with Gasteiger partial charge in [-0.1, -0.05) is 61.5 Å². The largest absolute Gasteiger partial charge is 0.493 e. The van der Waals surface area contributed by atoms with Gasteiger partial charge >= 0.3 is 11.9 Å². The van der Waals surface area contributed by atoms with E-state index in [2.05, 4.69) is 18.7 Å². The molecule has 0 aliphatic heterocycles. The normalized spacial score (nSPS) is 13.2. The first kappa shape index (κ1) is 34.1. The summed E-state index contributed by atoms with van der Waals surface area (Å²) in [5.41, 5.74) is 1.47. The molecule has 0 radical (unpaired) electrons. The minimum absolute atomic E-state index is 0.0331. The molecule has 4 aromatic rings. The third kappa shape index (κ3) is 9.18. The Kier molecular flexibility index (Phi) is 11.4. The van der Waals surface area contributed by atoms with Crippen LogP contribution in [-0.4, -0.2) is 44.0 Å². The molecule has 0 spiro atoms. The molecule has 0 heterocycles. The Morgan fingerprint density at radius 3 is 2.04 bits per heavy atom. The van der Waals surface area contributed by atoms with Crippen LogP contribution in [0.2, 0.25) is 0 Å². The van der Waals surface area contributed by atoms with E-state index in [0.717, 1.165) is 29.7 Å². The zero-order chi connectivity index (χ0) is 33.9. The Morgan fingerprint density at radius 2 is 1.40 bits per heavy atom. The van der Waals surface area contributed by atoms with Gasteiger partial charge in [0.2, 0.25) is 5.60 Å². The van der Waals surface area contributed by atoms with Crippen molar-refractivity contribution in [2.45, 2.75) is 57.7 Å². The second-order valence-corrected chi connectivity index (χ2v) is 12.1. The molecule has 1 saturated carbocycles. The molecule has 1 aliphatic carbocycles. The fourth-order valence-corrected chi connectivity index (χ4v) is 5.33. The minimum atomic E-state index is -1.27. The van der Waals surface area contributed by atoms with Crippen molar-refractivity contribution >= 4 is 17.5 Å². The van der Waals surface area contributed by atoms with E-state index >= 15 is 0 Å². The van der Waals surface area contributed by atoms with Crippen molar-refractivity contribution in [1.82, 2.24) is 0 Å². The average Bonchev–Trinajstić information content (AvgIpc) is 3.11. The quantitative estimate of drug-likeness (QED) is 0.0581. The maximum Gasteiger partial charge on any atom is 0.355 e. The molecule has 0 N–H and O–H groups in total. The van der Waals surface area contributed by atoms with E-state index in [1.807, 2.05) is 54.6 Å². The fourth-order valence-electron chi connectivity index (χ4n) is 5.33. The van der Waals surface area contributed by atoms with Crippen molar-refractivity contribution in [3.05, 3.63) is 109 Å². The van der Waals surface area contributed by atoms with Crippen LogP contribution in [0.25, 0.3) is 16.7 Å². The summed E-state index contributed by atoms with van der Waals surface area (Å²) >= 11 is 0. The molecule has 1 fully saturated rings. The summed E-state index contributed by atoms with van der Waals surface area (Å²) in [5.74, 6) is 1.33. The summed E-state index contributed by atoms with van der Waals surface area (Å²) in [6.45, 7) is 7.32. The molecular formula is C40H42O8. The van der Waals surface area contributed by atoms with E-state index in [1.165, 1.54) is 32.4 Å². The maximum atomic E-state index is 12.9. The molecule has 0 amide bonds. The zero-order valence-electron chi connectivity index (χ0n) is 27.7. The molecule has 48 heavy (non-hydrogen) atoms. The summed E-state index contributed by atoms with van der Waals surface area (Å²) in [5, 5.41) is 0. The van der Waals surface area contributed by atoms with Crippen LogP contribution in [0.4, 0.5) is 0 Å². The highest BCUT2D eigenvalue weighted by Gasteiger charge is 2.33. The van der Waals surface area contributed by atoms with Crippen molar-refractivity contribution in [3.8, 4) is 39.9 Å². The van der Waals surface area contributed by atoms with Crippen LogP contribution in [0.1, 0.15) is 51.5 Å². The van der Waals surface area contributed by atoms with Crippen LogP contribution >= 0.6 is 0 Å². The standard InChI is InChI=1S/C40H42O8/c1-28(31-19-24-36(37(27-31)43-4)47-39(42)40(2,3)48-35-13-9-6-10-14-35)38(41)45-26-25-44-32-20-15-29(16-21-32)30-17-22-34(23-18-30)46-33-11-7-5-8-12-33/h6,9-10,13-24,27,33H,1,5,7-8,11-12,25-26H2,2-4H3. The Bertz CT molecular complexity index is 1670. The van der Waals surface area contributed by atoms with Crippen molar-refractivity contribution in [2.75, 3.05) is 20.3 Å². The van der Waals surface area contributed by atoms with Gasteiger partial charge in [0.1, 0.15) is 30.5 Å². The average molecular weight is 651 g/mol. The van der Waals surface area contributed by atoms with E-state index in [-0.39, 0.29) is 30.3 Å². The first-order valence-electron chi connectivity index (χ1n) is 16.2. The third-order valence-electron chi connectivity index (χ3n) is 8.05. The van der Waals surface area contributed by atoms with Gasteiger partial charge in [0.15, 0.2) is 11.5 Å². The second kappa shape index (κ2) is 16.0. The summed E-state index contributed by atoms with van der Waals surface area (Å²) in [6.07, 6.45) is 6.38. The number of hydrogen-bond donors (Lipinski definition) is 0. The number of methoxy groups -OCH3 is 1. The Balaban J connectivity index is 1.07. The highest BCUT2D eigenvalue weighted by Crippen LogP contribution is 2.32. The lowest BCUT2D eigenvalue weighted by atomic mass is 9.98. The van der Waals surface area contributed by atoms with Gasteiger partial charge in [-0.05, 0) is 105 Å². The van der Waals surface area contributed by atoms with Crippen LogP contribution in [0, 0.1) is 0 Å². The molecule has 1 aliphatic rings. The molecule has 5 rings (SSSR count). The predicted molar refractivity (Wildman–Crippen MR) is 185 cm³/mol. The first-order valence-corrected chi connectivity index (χ1v) is 16.2. The summed E-state index contributed by atoms with van der Waals surface area (Å²) < 4.78 is 34.2. The van der Waals surface area contributed by atoms with Gasteiger partial charge in [-0.2, -0.15) is 0 Å². The van der Waals surface area contributed by atoms with Crippen molar-refractivity contribution in [2.24, 2.45) is 0 Å². The Morgan fingerprint density at radius 1 is 0.750 bits per heavy atom. The molecule has 8 heteroatoms.